The zero-order chi connectivity index (χ0) is 9.84. The van der Waals surface area contributed by atoms with Crippen LogP contribution < -0.4 is 11.5 Å². The van der Waals surface area contributed by atoms with Crippen molar-refractivity contribution >= 4 is 5.69 Å². The van der Waals surface area contributed by atoms with Gasteiger partial charge in [0.05, 0.1) is 0 Å². The lowest BCUT2D eigenvalue weighted by molar-refractivity contribution is 0.606. The molecule has 0 heterocycles. The van der Waals surface area contributed by atoms with Gasteiger partial charge in [-0.2, -0.15) is 0 Å². The number of anilines is 1. The average Bonchev–Trinajstić information content (AvgIpc) is 2.09. The fourth-order valence-electron chi connectivity index (χ4n) is 1.33. The van der Waals surface area contributed by atoms with E-state index in [0.717, 1.165) is 12.8 Å². The fourth-order valence-corrected chi connectivity index (χ4v) is 1.33. The van der Waals surface area contributed by atoms with Crippen molar-refractivity contribution in [2.24, 2.45) is 5.73 Å². The summed E-state index contributed by atoms with van der Waals surface area (Å²) in [6.45, 7) is 2.04. The summed E-state index contributed by atoms with van der Waals surface area (Å²) < 4.78 is 12.8. The highest BCUT2D eigenvalue weighted by molar-refractivity contribution is 5.48. The molecule has 0 aliphatic heterocycles. The van der Waals surface area contributed by atoms with Gasteiger partial charge in [0.15, 0.2) is 0 Å². The molecule has 1 rings (SSSR count). The van der Waals surface area contributed by atoms with Crippen molar-refractivity contribution in [3.05, 3.63) is 29.6 Å². The molecule has 1 aromatic carbocycles. The molecule has 0 aliphatic carbocycles. The molecule has 0 amide bonds. The standard InChI is InChI=1S/C10H15FN2/c1-2-3-9(12)8-6-7(11)4-5-10(8)13/h4-6,9H,2-3,12-13H2,1H3. The van der Waals surface area contributed by atoms with Crippen molar-refractivity contribution in [2.75, 3.05) is 5.73 Å². The highest BCUT2D eigenvalue weighted by Crippen LogP contribution is 2.22. The third kappa shape index (κ3) is 2.42. The predicted octanol–water partition coefficient (Wildman–Crippen LogP) is 2.21. The summed E-state index contributed by atoms with van der Waals surface area (Å²) in [7, 11) is 0. The van der Waals surface area contributed by atoms with Crippen LogP contribution in [-0.2, 0) is 0 Å². The first kappa shape index (κ1) is 9.99. The maximum Gasteiger partial charge on any atom is 0.123 e. The number of hydrogen-bond acceptors (Lipinski definition) is 2. The molecule has 1 aromatic rings. The van der Waals surface area contributed by atoms with E-state index >= 15 is 0 Å². The molecule has 0 saturated carbocycles. The van der Waals surface area contributed by atoms with Crippen molar-refractivity contribution in [3.8, 4) is 0 Å². The first-order chi connectivity index (χ1) is 6.15. The third-order valence-electron chi connectivity index (χ3n) is 2.05. The van der Waals surface area contributed by atoms with Gasteiger partial charge >= 0.3 is 0 Å². The highest BCUT2D eigenvalue weighted by atomic mass is 19.1. The fraction of sp³-hybridized carbons (Fsp3) is 0.400. The van der Waals surface area contributed by atoms with Crippen LogP contribution in [0.2, 0.25) is 0 Å². The van der Waals surface area contributed by atoms with Crippen molar-refractivity contribution in [1.29, 1.82) is 0 Å². The van der Waals surface area contributed by atoms with Gasteiger partial charge in [0.1, 0.15) is 5.82 Å². The Kier molecular flexibility index (Phi) is 3.25. The van der Waals surface area contributed by atoms with Gasteiger partial charge in [-0.15, -0.1) is 0 Å². The molecule has 0 bridgehead atoms. The van der Waals surface area contributed by atoms with E-state index in [2.05, 4.69) is 0 Å². The quantitative estimate of drug-likeness (QED) is 0.704. The van der Waals surface area contributed by atoms with Crippen LogP contribution >= 0.6 is 0 Å². The van der Waals surface area contributed by atoms with Crippen LogP contribution in [-0.4, -0.2) is 0 Å². The summed E-state index contributed by atoms with van der Waals surface area (Å²) in [6, 6.07) is 4.16. The molecule has 1 atom stereocenters. The van der Waals surface area contributed by atoms with E-state index in [4.69, 9.17) is 11.5 Å². The van der Waals surface area contributed by atoms with Crippen LogP contribution in [0.15, 0.2) is 18.2 Å². The van der Waals surface area contributed by atoms with Gasteiger partial charge in [0.25, 0.3) is 0 Å². The molecular formula is C10H15FN2. The monoisotopic (exact) mass is 182 g/mol. The van der Waals surface area contributed by atoms with E-state index < -0.39 is 0 Å². The van der Waals surface area contributed by atoms with Crippen molar-refractivity contribution < 1.29 is 4.39 Å². The summed E-state index contributed by atoms with van der Waals surface area (Å²) in [5, 5.41) is 0. The molecule has 13 heavy (non-hydrogen) atoms. The van der Waals surface area contributed by atoms with Crippen LogP contribution in [0.1, 0.15) is 31.4 Å². The van der Waals surface area contributed by atoms with Crippen molar-refractivity contribution in [3.63, 3.8) is 0 Å². The minimum absolute atomic E-state index is 0.152. The summed E-state index contributed by atoms with van der Waals surface area (Å²) in [5.41, 5.74) is 12.8. The minimum Gasteiger partial charge on any atom is -0.398 e. The maximum atomic E-state index is 12.8. The second-order valence-corrected chi connectivity index (χ2v) is 3.17. The molecule has 72 valence electrons. The zero-order valence-corrected chi connectivity index (χ0v) is 7.76. The Balaban J connectivity index is 2.91. The van der Waals surface area contributed by atoms with Crippen LogP contribution in [0.4, 0.5) is 10.1 Å². The normalized spacial score (nSPS) is 12.8. The first-order valence-electron chi connectivity index (χ1n) is 4.45. The van der Waals surface area contributed by atoms with Gasteiger partial charge in [0.2, 0.25) is 0 Å². The smallest absolute Gasteiger partial charge is 0.123 e. The topological polar surface area (TPSA) is 52.0 Å². The molecule has 3 heteroatoms. The Morgan fingerprint density at radius 2 is 2.15 bits per heavy atom. The van der Waals surface area contributed by atoms with Crippen molar-refractivity contribution in [1.82, 2.24) is 0 Å². The molecule has 2 nitrogen and oxygen atoms in total. The van der Waals surface area contributed by atoms with E-state index in [1.54, 1.807) is 6.07 Å². The van der Waals surface area contributed by atoms with Gasteiger partial charge < -0.3 is 11.5 Å². The molecule has 0 spiro atoms. The van der Waals surface area contributed by atoms with E-state index in [-0.39, 0.29) is 11.9 Å². The SMILES string of the molecule is CCCC(N)c1cc(F)ccc1N. The van der Waals surface area contributed by atoms with Crippen LogP contribution in [0.25, 0.3) is 0 Å². The Morgan fingerprint density at radius 1 is 1.46 bits per heavy atom. The summed E-state index contributed by atoms with van der Waals surface area (Å²) >= 11 is 0. The van der Waals surface area contributed by atoms with E-state index in [9.17, 15) is 4.39 Å². The lowest BCUT2D eigenvalue weighted by Crippen LogP contribution is -2.12. The number of rotatable bonds is 3. The van der Waals surface area contributed by atoms with Gasteiger partial charge in [-0.3, -0.25) is 0 Å². The molecule has 0 saturated heterocycles. The summed E-state index contributed by atoms with van der Waals surface area (Å²) in [5.74, 6) is -0.282. The number of halogens is 1. The van der Waals surface area contributed by atoms with Crippen LogP contribution in [0, 0.1) is 5.82 Å². The summed E-state index contributed by atoms with van der Waals surface area (Å²) in [6.07, 6.45) is 1.80. The maximum absolute atomic E-state index is 12.8. The predicted molar refractivity (Wildman–Crippen MR) is 52.6 cm³/mol. The highest BCUT2D eigenvalue weighted by Gasteiger charge is 2.09. The second kappa shape index (κ2) is 4.23. The Hall–Kier alpha value is -1.09. The Labute approximate surface area is 77.7 Å². The van der Waals surface area contributed by atoms with Gasteiger partial charge in [-0.05, 0) is 30.2 Å². The lowest BCUT2D eigenvalue weighted by atomic mass is 10.0. The minimum atomic E-state index is -0.282. The van der Waals surface area contributed by atoms with Crippen molar-refractivity contribution in [2.45, 2.75) is 25.8 Å². The van der Waals surface area contributed by atoms with Gasteiger partial charge in [0, 0.05) is 11.7 Å². The molecular weight excluding hydrogens is 167 g/mol. The first-order valence-corrected chi connectivity index (χ1v) is 4.45. The number of nitrogen functional groups attached to an aromatic ring is 1. The molecule has 4 N–H and O–H groups in total. The molecule has 0 aromatic heterocycles. The van der Waals surface area contributed by atoms with Crippen LogP contribution in [0.3, 0.4) is 0 Å². The zero-order valence-electron chi connectivity index (χ0n) is 7.76. The second-order valence-electron chi connectivity index (χ2n) is 3.17. The number of nitrogens with two attached hydrogens (primary N) is 2. The number of benzene rings is 1. The largest absolute Gasteiger partial charge is 0.398 e. The molecule has 1 unspecified atom stereocenters. The number of hydrogen-bond donors (Lipinski definition) is 2. The Morgan fingerprint density at radius 3 is 2.77 bits per heavy atom. The van der Waals surface area contributed by atoms with E-state index in [1.165, 1.54) is 12.1 Å². The van der Waals surface area contributed by atoms with Crippen LogP contribution in [0.5, 0.6) is 0 Å². The molecule has 0 fully saturated rings. The lowest BCUT2D eigenvalue weighted by Gasteiger charge is -2.13. The van der Waals surface area contributed by atoms with E-state index in [1.807, 2.05) is 6.92 Å². The molecule has 0 aliphatic rings. The summed E-state index contributed by atoms with van der Waals surface area (Å²) in [4.78, 5) is 0. The Bertz CT molecular complexity index is 286. The molecule has 0 radical (unpaired) electrons. The van der Waals surface area contributed by atoms with Gasteiger partial charge in [-0.25, -0.2) is 4.39 Å². The third-order valence-corrected chi connectivity index (χ3v) is 2.05. The van der Waals surface area contributed by atoms with Gasteiger partial charge in [-0.1, -0.05) is 13.3 Å². The van der Waals surface area contributed by atoms with E-state index in [0.29, 0.717) is 11.3 Å². The average molecular weight is 182 g/mol.